The number of piperazine rings is 1. The van der Waals surface area contributed by atoms with E-state index in [0.29, 0.717) is 41.9 Å². The predicted octanol–water partition coefficient (Wildman–Crippen LogP) is 3.01. The molecule has 0 saturated carbocycles. The molecule has 0 aliphatic carbocycles. The molecule has 0 N–H and O–H groups in total. The second-order valence-electron chi connectivity index (χ2n) is 7.17. The van der Waals surface area contributed by atoms with E-state index >= 15 is 0 Å². The Hall–Kier alpha value is -1.97. The van der Waals surface area contributed by atoms with Gasteiger partial charge in [0.25, 0.3) is 0 Å². The SMILES string of the molecule is CC(=O)N1CCc2cc(Br)c(S(=O)(=O)N3CCN(c4ccccc4F)CC3)cc21. The van der Waals surface area contributed by atoms with E-state index in [9.17, 15) is 17.6 Å². The van der Waals surface area contributed by atoms with Crippen LogP contribution in [0.3, 0.4) is 0 Å². The van der Waals surface area contributed by atoms with Crippen LogP contribution in [0, 0.1) is 5.82 Å². The highest BCUT2D eigenvalue weighted by Crippen LogP contribution is 2.37. The molecule has 1 fully saturated rings. The first-order valence-corrected chi connectivity index (χ1v) is 11.6. The molecule has 0 bridgehead atoms. The van der Waals surface area contributed by atoms with E-state index < -0.39 is 10.0 Å². The Balaban J connectivity index is 1.58. The smallest absolute Gasteiger partial charge is 0.244 e. The van der Waals surface area contributed by atoms with Gasteiger partial charge in [-0.05, 0) is 52.2 Å². The maximum Gasteiger partial charge on any atom is 0.244 e. The summed E-state index contributed by atoms with van der Waals surface area (Å²) in [5.74, 6) is -0.414. The molecular formula is C20H21BrFN3O3S. The van der Waals surface area contributed by atoms with Gasteiger partial charge >= 0.3 is 0 Å². The van der Waals surface area contributed by atoms with E-state index in [1.165, 1.54) is 17.3 Å². The first kappa shape index (κ1) is 20.3. The van der Waals surface area contributed by atoms with E-state index in [-0.39, 0.29) is 29.7 Å². The van der Waals surface area contributed by atoms with Crippen LogP contribution < -0.4 is 9.80 Å². The molecule has 0 unspecified atom stereocenters. The van der Waals surface area contributed by atoms with Crippen molar-refractivity contribution in [2.45, 2.75) is 18.2 Å². The molecule has 2 heterocycles. The fraction of sp³-hybridized carbons (Fsp3) is 0.350. The maximum atomic E-state index is 14.0. The molecule has 6 nitrogen and oxygen atoms in total. The Bertz CT molecular complexity index is 1070. The summed E-state index contributed by atoms with van der Waals surface area (Å²) in [6.45, 7) is 3.37. The molecule has 1 saturated heterocycles. The van der Waals surface area contributed by atoms with E-state index in [1.807, 2.05) is 4.90 Å². The number of benzene rings is 2. The number of carbonyl (C=O) groups is 1. The highest BCUT2D eigenvalue weighted by atomic mass is 79.9. The van der Waals surface area contributed by atoms with Crippen LogP contribution in [0.15, 0.2) is 45.8 Å². The zero-order valence-corrected chi connectivity index (χ0v) is 18.3. The van der Waals surface area contributed by atoms with Gasteiger partial charge in [0.1, 0.15) is 5.82 Å². The van der Waals surface area contributed by atoms with Crippen LogP contribution in [0.25, 0.3) is 0 Å². The first-order valence-electron chi connectivity index (χ1n) is 9.39. The van der Waals surface area contributed by atoms with Gasteiger partial charge in [-0.2, -0.15) is 4.31 Å². The van der Waals surface area contributed by atoms with Crippen molar-refractivity contribution in [2.75, 3.05) is 42.5 Å². The number of halogens is 2. The second-order valence-corrected chi connectivity index (χ2v) is 9.94. The van der Waals surface area contributed by atoms with Crippen molar-refractivity contribution in [3.63, 3.8) is 0 Å². The molecule has 1 amide bonds. The molecule has 2 aliphatic rings. The van der Waals surface area contributed by atoms with Gasteiger partial charge in [0, 0.05) is 49.8 Å². The zero-order valence-electron chi connectivity index (χ0n) is 15.9. The number of anilines is 2. The van der Waals surface area contributed by atoms with E-state index in [4.69, 9.17) is 0 Å². The van der Waals surface area contributed by atoms with Crippen molar-refractivity contribution in [1.29, 1.82) is 0 Å². The summed E-state index contributed by atoms with van der Waals surface area (Å²) in [4.78, 5) is 15.5. The zero-order chi connectivity index (χ0) is 20.8. The van der Waals surface area contributed by atoms with Crippen molar-refractivity contribution >= 4 is 43.2 Å². The van der Waals surface area contributed by atoms with Crippen LogP contribution in [0.1, 0.15) is 12.5 Å². The summed E-state index contributed by atoms with van der Waals surface area (Å²) in [7, 11) is -3.75. The Labute approximate surface area is 178 Å². The summed E-state index contributed by atoms with van der Waals surface area (Å²) in [5.41, 5.74) is 2.10. The predicted molar refractivity (Wildman–Crippen MR) is 113 cm³/mol. The fourth-order valence-electron chi connectivity index (χ4n) is 3.93. The third-order valence-electron chi connectivity index (χ3n) is 5.46. The standard InChI is InChI=1S/C20H21BrFN3O3S/c1-14(26)25-7-6-15-12-16(21)20(13-19(15)25)29(27,28)24-10-8-23(9-11-24)18-5-3-2-4-17(18)22/h2-5,12-13H,6-11H2,1H3. The van der Waals surface area contributed by atoms with Gasteiger partial charge < -0.3 is 9.80 Å². The summed E-state index contributed by atoms with van der Waals surface area (Å²) in [5, 5.41) is 0. The van der Waals surface area contributed by atoms with Gasteiger partial charge in [-0.15, -0.1) is 0 Å². The molecule has 154 valence electrons. The van der Waals surface area contributed by atoms with E-state index in [0.717, 1.165) is 5.56 Å². The Morgan fingerprint density at radius 3 is 2.38 bits per heavy atom. The highest BCUT2D eigenvalue weighted by Gasteiger charge is 2.33. The molecule has 29 heavy (non-hydrogen) atoms. The minimum atomic E-state index is -3.75. The van der Waals surface area contributed by atoms with Crippen LogP contribution in [0.5, 0.6) is 0 Å². The quantitative estimate of drug-likeness (QED) is 0.675. The molecule has 0 aromatic heterocycles. The Morgan fingerprint density at radius 2 is 1.72 bits per heavy atom. The molecule has 4 rings (SSSR count). The van der Waals surface area contributed by atoms with Crippen molar-refractivity contribution in [2.24, 2.45) is 0 Å². The number of para-hydroxylation sites is 1. The van der Waals surface area contributed by atoms with Gasteiger partial charge in [-0.1, -0.05) is 12.1 Å². The van der Waals surface area contributed by atoms with Crippen LogP contribution in [-0.4, -0.2) is 51.4 Å². The molecule has 2 aliphatic heterocycles. The normalized spacial score (nSPS) is 17.5. The average Bonchev–Trinajstić information content (AvgIpc) is 3.11. The lowest BCUT2D eigenvalue weighted by atomic mass is 10.2. The molecule has 0 radical (unpaired) electrons. The lowest BCUT2D eigenvalue weighted by Crippen LogP contribution is -2.49. The highest BCUT2D eigenvalue weighted by molar-refractivity contribution is 9.10. The molecule has 0 atom stereocenters. The van der Waals surface area contributed by atoms with Crippen molar-refractivity contribution in [3.8, 4) is 0 Å². The van der Waals surface area contributed by atoms with Gasteiger partial charge in [0.05, 0.1) is 10.6 Å². The lowest BCUT2D eigenvalue weighted by Gasteiger charge is -2.35. The third kappa shape index (κ3) is 3.67. The molecule has 0 spiro atoms. The number of amides is 1. The minimum Gasteiger partial charge on any atom is -0.367 e. The largest absolute Gasteiger partial charge is 0.367 e. The van der Waals surface area contributed by atoms with Crippen molar-refractivity contribution in [1.82, 2.24) is 4.31 Å². The van der Waals surface area contributed by atoms with E-state index in [2.05, 4.69) is 15.9 Å². The third-order valence-corrected chi connectivity index (χ3v) is 8.32. The molecule has 2 aromatic rings. The van der Waals surface area contributed by atoms with Gasteiger partial charge in [0.15, 0.2) is 0 Å². The number of sulfonamides is 1. The topological polar surface area (TPSA) is 60.9 Å². The second kappa shape index (κ2) is 7.70. The number of hydrogen-bond acceptors (Lipinski definition) is 4. The van der Waals surface area contributed by atoms with Gasteiger partial charge in [-0.25, -0.2) is 12.8 Å². The lowest BCUT2D eigenvalue weighted by molar-refractivity contribution is -0.116. The molecular weight excluding hydrogens is 461 g/mol. The van der Waals surface area contributed by atoms with Crippen LogP contribution in [0.2, 0.25) is 0 Å². The summed E-state index contributed by atoms with van der Waals surface area (Å²) in [6, 6.07) is 9.89. The molecule has 9 heteroatoms. The van der Waals surface area contributed by atoms with Crippen LogP contribution >= 0.6 is 15.9 Å². The summed E-state index contributed by atoms with van der Waals surface area (Å²) in [6.07, 6.45) is 0.704. The Kier molecular flexibility index (Phi) is 5.39. The van der Waals surface area contributed by atoms with E-state index in [1.54, 1.807) is 35.2 Å². The number of nitrogens with zero attached hydrogens (tertiary/aromatic N) is 3. The van der Waals surface area contributed by atoms with Crippen LogP contribution in [0.4, 0.5) is 15.8 Å². The Morgan fingerprint density at radius 1 is 1.03 bits per heavy atom. The van der Waals surface area contributed by atoms with Crippen LogP contribution in [-0.2, 0) is 21.2 Å². The van der Waals surface area contributed by atoms with Crippen molar-refractivity contribution < 1.29 is 17.6 Å². The van der Waals surface area contributed by atoms with Gasteiger partial charge in [-0.3, -0.25) is 4.79 Å². The fourth-order valence-corrected chi connectivity index (χ4v) is 6.42. The summed E-state index contributed by atoms with van der Waals surface area (Å²) >= 11 is 3.40. The number of rotatable bonds is 3. The average molecular weight is 482 g/mol. The molecule has 2 aromatic carbocycles. The maximum absolute atomic E-state index is 14.0. The summed E-state index contributed by atoms with van der Waals surface area (Å²) < 4.78 is 42.5. The first-order chi connectivity index (χ1) is 13.8. The minimum absolute atomic E-state index is 0.104. The number of carbonyl (C=O) groups excluding carboxylic acids is 1. The monoisotopic (exact) mass is 481 g/mol. The van der Waals surface area contributed by atoms with Crippen molar-refractivity contribution in [3.05, 3.63) is 52.3 Å². The number of hydrogen-bond donors (Lipinski definition) is 0. The van der Waals surface area contributed by atoms with Gasteiger partial charge in [0.2, 0.25) is 15.9 Å². The number of fused-ring (bicyclic) bond motifs is 1.